The maximum absolute atomic E-state index is 5.91. The van der Waals surface area contributed by atoms with Crippen LogP contribution in [-0.2, 0) is 11.2 Å². The van der Waals surface area contributed by atoms with Crippen LogP contribution in [0.25, 0.3) is 0 Å². The van der Waals surface area contributed by atoms with E-state index in [1.807, 2.05) is 30.3 Å². The number of hydrogen-bond donors (Lipinski definition) is 1. The van der Waals surface area contributed by atoms with E-state index < -0.39 is 0 Å². The van der Waals surface area contributed by atoms with Gasteiger partial charge in [0.1, 0.15) is 5.75 Å². The Hall–Kier alpha value is -1.92. The van der Waals surface area contributed by atoms with Gasteiger partial charge in [-0.05, 0) is 18.6 Å². The summed E-state index contributed by atoms with van der Waals surface area (Å²) in [4.78, 5) is 4.26. The van der Waals surface area contributed by atoms with Crippen LogP contribution in [0.4, 0.5) is 0 Å². The summed E-state index contributed by atoms with van der Waals surface area (Å²) < 4.78 is 15.7. The summed E-state index contributed by atoms with van der Waals surface area (Å²) in [5.74, 6) is 1.87. The standard InChI is InChI=1S/C14H19N3O3/c1-18-9-7-12(15)14-16-13(17-20-14)8-10-19-11-5-3-2-4-6-11/h2-6,12H,7-10,15H2,1H3. The summed E-state index contributed by atoms with van der Waals surface area (Å²) in [6.45, 7) is 1.06. The number of benzene rings is 1. The lowest BCUT2D eigenvalue weighted by Gasteiger charge is -2.04. The minimum absolute atomic E-state index is 0.286. The predicted octanol–water partition coefficient (Wildman–Crippen LogP) is 1.73. The van der Waals surface area contributed by atoms with Gasteiger partial charge < -0.3 is 19.7 Å². The molecule has 0 aliphatic rings. The molecule has 0 spiro atoms. The minimum atomic E-state index is -0.286. The van der Waals surface area contributed by atoms with Crippen LogP contribution in [0.3, 0.4) is 0 Å². The average molecular weight is 277 g/mol. The van der Waals surface area contributed by atoms with Gasteiger partial charge in [-0.1, -0.05) is 23.4 Å². The molecule has 0 saturated heterocycles. The van der Waals surface area contributed by atoms with Crippen molar-refractivity contribution in [1.29, 1.82) is 0 Å². The lowest BCUT2D eigenvalue weighted by molar-refractivity contribution is 0.182. The number of nitrogens with zero attached hydrogens (tertiary/aromatic N) is 2. The van der Waals surface area contributed by atoms with E-state index in [1.54, 1.807) is 7.11 Å². The van der Waals surface area contributed by atoms with Gasteiger partial charge in [0.15, 0.2) is 5.82 Å². The zero-order chi connectivity index (χ0) is 14.2. The summed E-state index contributed by atoms with van der Waals surface area (Å²) in [5.41, 5.74) is 5.91. The fourth-order valence-electron chi connectivity index (χ4n) is 1.66. The molecule has 0 amide bonds. The molecule has 1 atom stereocenters. The highest BCUT2D eigenvalue weighted by atomic mass is 16.5. The monoisotopic (exact) mass is 277 g/mol. The van der Waals surface area contributed by atoms with Gasteiger partial charge in [-0.3, -0.25) is 0 Å². The molecule has 0 saturated carbocycles. The zero-order valence-electron chi connectivity index (χ0n) is 11.5. The summed E-state index contributed by atoms with van der Waals surface area (Å²) in [6, 6.07) is 9.32. The quantitative estimate of drug-likeness (QED) is 0.791. The molecule has 6 nitrogen and oxygen atoms in total. The third-order valence-electron chi connectivity index (χ3n) is 2.77. The molecule has 2 rings (SSSR count). The van der Waals surface area contributed by atoms with E-state index in [9.17, 15) is 0 Å². The van der Waals surface area contributed by atoms with Crippen molar-refractivity contribution in [2.75, 3.05) is 20.3 Å². The van der Waals surface area contributed by atoms with Crippen molar-refractivity contribution < 1.29 is 14.0 Å². The number of para-hydroxylation sites is 1. The van der Waals surface area contributed by atoms with Crippen LogP contribution in [0, 0.1) is 0 Å². The van der Waals surface area contributed by atoms with Crippen molar-refractivity contribution in [3.8, 4) is 5.75 Å². The summed E-state index contributed by atoms with van der Waals surface area (Å²) >= 11 is 0. The molecule has 0 bridgehead atoms. The summed E-state index contributed by atoms with van der Waals surface area (Å²) in [6.07, 6.45) is 1.23. The Kier molecular flexibility index (Phi) is 5.52. The molecule has 0 aliphatic carbocycles. The van der Waals surface area contributed by atoms with Crippen LogP contribution in [0.5, 0.6) is 5.75 Å². The Labute approximate surface area is 117 Å². The first-order valence-electron chi connectivity index (χ1n) is 6.54. The molecule has 0 radical (unpaired) electrons. The highest BCUT2D eigenvalue weighted by Gasteiger charge is 2.14. The zero-order valence-corrected chi connectivity index (χ0v) is 11.5. The van der Waals surface area contributed by atoms with E-state index in [0.29, 0.717) is 37.8 Å². The average Bonchev–Trinajstić information content (AvgIpc) is 2.95. The Bertz CT molecular complexity index is 501. The number of nitrogens with two attached hydrogens (primary N) is 1. The van der Waals surface area contributed by atoms with Gasteiger partial charge in [0.25, 0.3) is 0 Å². The van der Waals surface area contributed by atoms with Gasteiger partial charge in [0.05, 0.1) is 12.6 Å². The van der Waals surface area contributed by atoms with Gasteiger partial charge in [0, 0.05) is 20.1 Å². The lowest BCUT2D eigenvalue weighted by Crippen LogP contribution is -2.13. The lowest BCUT2D eigenvalue weighted by atomic mass is 10.2. The second-order valence-corrected chi connectivity index (χ2v) is 4.35. The minimum Gasteiger partial charge on any atom is -0.493 e. The number of methoxy groups -OCH3 is 1. The first-order chi connectivity index (χ1) is 9.79. The Balaban J connectivity index is 1.78. The molecule has 2 aromatic rings. The molecular weight excluding hydrogens is 258 g/mol. The molecule has 1 aromatic heterocycles. The van der Waals surface area contributed by atoms with Crippen LogP contribution in [-0.4, -0.2) is 30.5 Å². The molecule has 0 aliphatic heterocycles. The summed E-state index contributed by atoms with van der Waals surface area (Å²) in [5, 5.41) is 3.89. The topological polar surface area (TPSA) is 83.4 Å². The van der Waals surface area contributed by atoms with E-state index in [0.717, 1.165) is 5.75 Å². The van der Waals surface area contributed by atoms with Gasteiger partial charge in [-0.15, -0.1) is 0 Å². The second-order valence-electron chi connectivity index (χ2n) is 4.35. The maximum Gasteiger partial charge on any atom is 0.243 e. The van der Waals surface area contributed by atoms with Crippen molar-refractivity contribution >= 4 is 0 Å². The highest BCUT2D eigenvalue weighted by molar-refractivity contribution is 5.20. The van der Waals surface area contributed by atoms with Crippen LogP contribution in [0.2, 0.25) is 0 Å². The Morgan fingerprint density at radius 1 is 1.25 bits per heavy atom. The Morgan fingerprint density at radius 3 is 2.80 bits per heavy atom. The number of aromatic nitrogens is 2. The van der Waals surface area contributed by atoms with Crippen molar-refractivity contribution in [2.45, 2.75) is 18.9 Å². The predicted molar refractivity (Wildman–Crippen MR) is 73.4 cm³/mol. The highest BCUT2D eigenvalue weighted by Crippen LogP contribution is 2.12. The second kappa shape index (κ2) is 7.62. The van der Waals surface area contributed by atoms with E-state index in [-0.39, 0.29) is 6.04 Å². The number of rotatable bonds is 8. The van der Waals surface area contributed by atoms with Crippen LogP contribution in [0.15, 0.2) is 34.9 Å². The molecular formula is C14H19N3O3. The van der Waals surface area contributed by atoms with E-state index in [1.165, 1.54) is 0 Å². The molecule has 1 aromatic carbocycles. The van der Waals surface area contributed by atoms with Crippen molar-refractivity contribution in [3.63, 3.8) is 0 Å². The van der Waals surface area contributed by atoms with Gasteiger partial charge in [0.2, 0.25) is 5.89 Å². The van der Waals surface area contributed by atoms with Gasteiger partial charge in [-0.2, -0.15) is 4.98 Å². The largest absolute Gasteiger partial charge is 0.493 e. The first kappa shape index (κ1) is 14.5. The first-order valence-corrected chi connectivity index (χ1v) is 6.54. The fraction of sp³-hybridized carbons (Fsp3) is 0.429. The molecule has 20 heavy (non-hydrogen) atoms. The van der Waals surface area contributed by atoms with Crippen LogP contribution < -0.4 is 10.5 Å². The third kappa shape index (κ3) is 4.32. The van der Waals surface area contributed by atoms with Crippen molar-refractivity contribution in [3.05, 3.63) is 42.0 Å². The molecule has 0 fully saturated rings. The fourth-order valence-corrected chi connectivity index (χ4v) is 1.66. The third-order valence-corrected chi connectivity index (χ3v) is 2.77. The van der Waals surface area contributed by atoms with Crippen molar-refractivity contribution in [2.24, 2.45) is 5.73 Å². The van der Waals surface area contributed by atoms with E-state index in [4.69, 9.17) is 19.7 Å². The Morgan fingerprint density at radius 2 is 2.05 bits per heavy atom. The smallest absolute Gasteiger partial charge is 0.243 e. The van der Waals surface area contributed by atoms with Gasteiger partial charge >= 0.3 is 0 Å². The van der Waals surface area contributed by atoms with E-state index >= 15 is 0 Å². The van der Waals surface area contributed by atoms with E-state index in [2.05, 4.69) is 10.1 Å². The summed E-state index contributed by atoms with van der Waals surface area (Å²) in [7, 11) is 1.63. The van der Waals surface area contributed by atoms with Crippen molar-refractivity contribution in [1.82, 2.24) is 10.1 Å². The molecule has 108 valence electrons. The number of hydrogen-bond acceptors (Lipinski definition) is 6. The molecule has 2 N–H and O–H groups in total. The molecule has 6 heteroatoms. The SMILES string of the molecule is COCCC(N)c1nc(CCOc2ccccc2)no1. The number of ether oxygens (including phenoxy) is 2. The van der Waals surface area contributed by atoms with Gasteiger partial charge in [-0.25, -0.2) is 0 Å². The normalized spacial score (nSPS) is 12.3. The molecule has 1 heterocycles. The molecule has 1 unspecified atom stereocenters. The van der Waals surface area contributed by atoms with Crippen LogP contribution >= 0.6 is 0 Å². The van der Waals surface area contributed by atoms with Crippen LogP contribution in [0.1, 0.15) is 24.2 Å². The maximum atomic E-state index is 5.91.